The Hall–Kier alpha value is -2.80. The number of nitrogens with zero attached hydrogens (tertiary/aromatic N) is 1. The molecule has 2 aromatic rings. The van der Waals surface area contributed by atoms with E-state index in [1.54, 1.807) is 0 Å². The van der Waals surface area contributed by atoms with Crippen LogP contribution in [-0.2, 0) is 0 Å². The molecule has 0 radical (unpaired) electrons. The lowest BCUT2D eigenvalue weighted by Crippen LogP contribution is -2.32. The van der Waals surface area contributed by atoms with E-state index in [4.69, 9.17) is 21.1 Å². The lowest BCUT2D eigenvalue weighted by atomic mass is 9.95. The van der Waals surface area contributed by atoms with E-state index in [0.717, 1.165) is 5.56 Å². The number of ether oxygens (including phenoxy) is 2. The molecular weight excluding hydrogens is 372 g/mol. The molecule has 0 fully saturated rings. The molecule has 1 atom stereocenters. The van der Waals surface area contributed by atoms with Crippen LogP contribution in [-0.4, -0.2) is 24.0 Å². The minimum Gasteiger partial charge on any atom is -0.486 e. The summed E-state index contributed by atoms with van der Waals surface area (Å²) in [6, 6.07) is 9.24. The topological polar surface area (TPSA) is 90.7 Å². The fourth-order valence-electron chi connectivity index (χ4n) is 2.91. The summed E-state index contributed by atoms with van der Waals surface area (Å²) in [6.45, 7) is 4.94. The molecule has 0 aliphatic carbocycles. The summed E-state index contributed by atoms with van der Waals surface area (Å²) in [5, 5.41) is 14.0. The number of hydrogen-bond donors (Lipinski definition) is 1. The highest BCUT2D eigenvalue weighted by atomic mass is 35.5. The van der Waals surface area contributed by atoms with Gasteiger partial charge in [0.15, 0.2) is 11.5 Å². The van der Waals surface area contributed by atoms with Gasteiger partial charge >= 0.3 is 0 Å². The Morgan fingerprint density at radius 3 is 2.52 bits per heavy atom. The third kappa shape index (κ3) is 4.14. The summed E-state index contributed by atoms with van der Waals surface area (Å²) in [4.78, 5) is 23.1. The Kier molecular flexibility index (Phi) is 5.51. The zero-order chi connectivity index (χ0) is 19.6. The normalized spacial score (nSPS) is 13.9. The fraction of sp³-hybridized carbons (Fsp3) is 0.316. The van der Waals surface area contributed by atoms with Crippen LogP contribution in [0.3, 0.4) is 0 Å². The molecule has 0 spiro atoms. The summed E-state index contributed by atoms with van der Waals surface area (Å²) in [5.74, 6) is 0.982. The molecule has 1 aliphatic rings. The van der Waals surface area contributed by atoms with Gasteiger partial charge in [-0.25, -0.2) is 0 Å². The van der Waals surface area contributed by atoms with E-state index in [1.807, 2.05) is 32.0 Å². The number of halogens is 1. The van der Waals surface area contributed by atoms with Crippen LogP contribution in [0.5, 0.6) is 11.5 Å². The highest BCUT2D eigenvalue weighted by molar-refractivity contribution is 6.32. The van der Waals surface area contributed by atoms with Gasteiger partial charge in [0.1, 0.15) is 18.2 Å². The Morgan fingerprint density at radius 1 is 1.15 bits per heavy atom. The maximum atomic E-state index is 12.7. The molecule has 3 rings (SSSR count). The second kappa shape index (κ2) is 7.84. The van der Waals surface area contributed by atoms with Crippen molar-refractivity contribution in [3.8, 4) is 11.5 Å². The van der Waals surface area contributed by atoms with Crippen LogP contribution >= 0.6 is 11.6 Å². The van der Waals surface area contributed by atoms with E-state index in [-0.39, 0.29) is 28.2 Å². The fourth-order valence-corrected chi connectivity index (χ4v) is 3.09. The van der Waals surface area contributed by atoms with Crippen molar-refractivity contribution in [1.82, 2.24) is 5.32 Å². The molecule has 0 aromatic heterocycles. The number of hydrogen-bond acceptors (Lipinski definition) is 5. The highest BCUT2D eigenvalue weighted by Gasteiger charge is 2.23. The van der Waals surface area contributed by atoms with Crippen LogP contribution in [0.15, 0.2) is 36.4 Å². The number of nitro groups is 1. The third-order valence-electron chi connectivity index (χ3n) is 4.28. The molecule has 1 heterocycles. The first-order valence-electron chi connectivity index (χ1n) is 8.51. The van der Waals surface area contributed by atoms with Gasteiger partial charge in [-0.15, -0.1) is 0 Å². The molecule has 7 nitrogen and oxygen atoms in total. The van der Waals surface area contributed by atoms with Gasteiger partial charge in [-0.05, 0) is 35.7 Å². The lowest BCUT2D eigenvalue weighted by molar-refractivity contribution is -0.384. The minimum atomic E-state index is -0.611. The van der Waals surface area contributed by atoms with Gasteiger partial charge in [-0.3, -0.25) is 14.9 Å². The Bertz CT molecular complexity index is 884. The molecule has 0 saturated carbocycles. The monoisotopic (exact) mass is 390 g/mol. The molecule has 0 unspecified atom stereocenters. The van der Waals surface area contributed by atoms with Crippen molar-refractivity contribution >= 4 is 23.2 Å². The largest absolute Gasteiger partial charge is 0.486 e. The van der Waals surface area contributed by atoms with Crippen LogP contribution in [0.25, 0.3) is 0 Å². The van der Waals surface area contributed by atoms with E-state index < -0.39 is 10.8 Å². The quantitative estimate of drug-likeness (QED) is 0.611. The second-order valence-electron chi connectivity index (χ2n) is 6.52. The van der Waals surface area contributed by atoms with Crippen LogP contribution in [0, 0.1) is 16.0 Å². The predicted molar refractivity (Wildman–Crippen MR) is 101 cm³/mol. The van der Waals surface area contributed by atoms with E-state index >= 15 is 0 Å². The van der Waals surface area contributed by atoms with E-state index in [1.165, 1.54) is 18.2 Å². The smallest absolute Gasteiger partial charge is 0.288 e. The number of nitro benzene ring substituents is 1. The Morgan fingerprint density at radius 2 is 1.85 bits per heavy atom. The highest BCUT2D eigenvalue weighted by Crippen LogP contribution is 2.34. The third-order valence-corrected chi connectivity index (χ3v) is 4.60. The molecule has 1 amide bonds. The van der Waals surface area contributed by atoms with Gasteiger partial charge in [-0.1, -0.05) is 31.5 Å². The van der Waals surface area contributed by atoms with Gasteiger partial charge in [0.25, 0.3) is 11.6 Å². The first-order chi connectivity index (χ1) is 12.9. The molecule has 0 saturated heterocycles. The zero-order valence-electron chi connectivity index (χ0n) is 14.9. The van der Waals surface area contributed by atoms with E-state index in [2.05, 4.69) is 5.32 Å². The lowest BCUT2D eigenvalue weighted by Gasteiger charge is -2.25. The average molecular weight is 391 g/mol. The number of nitrogens with one attached hydrogen (secondary N) is 1. The Balaban J connectivity index is 1.85. The van der Waals surface area contributed by atoms with Crippen molar-refractivity contribution in [1.29, 1.82) is 0 Å². The van der Waals surface area contributed by atoms with Gasteiger partial charge in [0.2, 0.25) is 0 Å². The van der Waals surface area contributed by atoms with Crippen molar-refractivity contribution in [2.45, 2.75) is 19.9 Å². The summed E-state index contributed by atoms with van der Waals surface area (Å²) in [5.41, 5.74) is 0.741. The average Bonchev–Trinajstić information content (AvgIpc) is 2.65. The Labute approximate surface area is 161 Å². The summed E-state index contributed by atoms with van der Waals surface area (Å²) >= 11 is 5.82. The number of fused-ring (bicyclic) bond motifs is 1. The van der Waals surface area contributed by atoms with E-state index in [9.17, 15) is 14.9 Å². The maximum absolute atomic E-state index is 12.7. The molecule has 1 aliphatic heterocycles. The first kappa shape index (κ1) is 19.0. The van der Waals surface area contributed by atoms with Gasteiger partial charge < -0.3 is 14.8 Å². The SMILES string of the molecule is CC(C)[C@H](NC(=O)c1ccc(Cl)c([N+](=O)[O-])c1)c1ccc2c(c1)OCCO2. The molecule has 142 valence electrons. The standard InChI is InChI=1S/C19H19ClN2O5/c1-11(2)18(12-4-6-16-17(10-12)27-8-7-26-16)21-19(23)13-3-5-14(20)15(9-13)22(24)25/h3-6,9-11,18H,7-8H2,1-2H3,(H,21,23)/t18-/m0/s1. The number of amides is 1. The van der Waals surface area contributed by atoms with Crippen molar-refractivity contribution in [2.24, 2.45) is 5.92 Å². The van der Waals surface area contributed by atoms with E-state index in [0.29, 0.717) is 24.7 Å². The number of rotatable bonds is 5. The van der Waals surface area contributed by atoms with Crippen molar-refractivity contribution in [3.63, 3.8) is 0 Å². The molecule has 2 aromatic carbocycles. The number of carbonyl (C=O) groups is 1. The second-order valence-corrected chi connectivity index (χ2v) is 6.93. The predicted octanol–water partition coefficient (Wildman–Crippen LogP) is 4.15. The van der Waals surface area contributed by atoms with Crippen molar-refractivity contribution in [3.05, 3.63) is 62.7 Å². The number of carbonyl (C=O) groups excluding carboxylic acids is 1. The van der Waals surface area contributed by atoms with Crippen LogP contribution in [0.2, 0.25) is 5.02 Å². The number of benzene rings is 2. The summed E-state index contributed by atoms with van der Waals surface area (Å²) in [7, 11) is 0. The first-order valence-corrected chi connectivity index (χ1v) is 8.89. The zero-order valence-corrected chi connectivity index (χ0v) is 15.7. The molecule has 8 heteroatoms. The summed E-state index contributed by atoms with van der Waals surface area (Å²) < 4.78 is 11.1. The minimum absolute atomic E-state index is 0.0104. The molecular formula is C19H19ClN2O5. The molecule has 0 bridgehead atoms. The maximum Gasteiger partial charge on any atom is 0.288 e. The van der Waals surface area contributed by atoms with Gasteiger partial charge in [-0.2, -0.15) is 0 Å². The van der Waals surface area contributed by atoms with Crippen LogP contribution in [0.4, 0.5) is 5.69 Å². The van der Waals surface area contributed by atoms with Crippen LogP contribution in [0.1, 0.15) is 35.8 Å². The van der Waals surface area contributed by atoms with Gasteiger partial charge in [0.05, 0.1) is 11.0 Å². The van der Waals surface area contributed by atoms with Crippen LogP contribution < -0.4 is 14.8 Å². The molecule has 27 heavy (non-hydrogen) atoms. The van der Waals surface area contributed by atoms with Crippen molar-refractivity contribution < 1.29 is 19.2 Å². The molecule has 1 N–H and O–H groups in total. The van der Waals surface area contributed by atoms with Gasteiger partial charge in [0, 0.05) is 11.6 Å². The summed E-state index contributed by atoms with van der Waals surface area (Å²) in [6.07, 6.45) is 0. The van der Waals surface area contributed by atoms with Crippen molar-refractivity contribution in [2.75, 3.05) is 13.2 Å².